The number of carbonyl (C=O) groups excluding carboxylic acids is 3. The van der Waals surface area contributed by atoms with Gasteiger partial charge in [0, 0.05) is 20.0 Å². The van der Waals surface area contributed by atoms with Crippen molar-refractivity contribution in [1.29, 1.82) is 0 Å². The number of nitrogens with zero attached hydrogens (tertiary/aromatic N) is 1. The molecule has 1 atom stereocenters. The number of hydrazine groups is 1. The molecule has 0 aliphatic carbocycles. The minimum absolute atomic E-state index is 0.162. The number of hydrogen-bond donors (Lipinski definition) is 2. The lowest BCUT2D eigenvalue weighted by molar-refractivity contribution is -0.135. The quantitative estimate of drug-likeness (QED) is 0.677. The Morgan fingerprint density at radius 2 is 2.04 bits per heavy atom. The van der Waals surface area contributed by atoms with E-state index in [1.807, 2.05) is 6.07 Å². The van der Waals surface area contributed by atoms with E-state index in [2.05, 4.69) is 10.7 Å². The summed E-state index contributed by atoms with van der Waals surface area (Å²) in [6.07, 6.45) is 0.376. The van der Waals surface area contributed by atoms with Gasteiger partial charge in [0.2, 0.25) is 5.91 Å². The number of benzene rings is 1. The number of carbonyl (C=O) groups is 3. The lowest BCUT2D eigenvalue weighted by atomic mass is 10.0. The summed E-state index contributed by atoms with van der Waals surface area (Å²) in [4.78, 5) is 35.3. The second kappa shape index (κ2) is 7.67. The van der Waals surface area contributed by atoms with Crippen LogP contribution in [0.4, 0.5) is 0 Å². The van der Waals surface area contributed by atoms with Crippen molar-refractivity contribution in [2.45, 2.75) is 12.8 Å². The molecule has 3 amide bonds. The monoisotopic (exact) mass is 335 g/mol. The fraction of sp³-hybridized carbons (Fsp3) is 0.438. The van der Waals surface area contributed by atoms with Gasteiger partial charge in [0.05, 0.1) is 14.2 Å². The van der Waals surface area contributed by atoms with Crippen molar-refractivity contribution in [1.82, 2.24) is 15.8 Å². The first-order valence-electron chi connectivity index (χ1n) is 7.52. The topological polar surface area (TPSA) is 97.0 Å². The normalized spacial score (nSPS) is 16.8. The van der Waals surface area contributed by atoms with Gasteiger partial charge in [0.1, 0.15) is 17.4 Å². The fourth-order valence-corrected chi connectivity index (χ4v) is 2.50. The molecule has 24 heavy (non-hydrogen) atoms. The van der Waals surface area contributed by atoms with E-state index in [0.29, 0.717) is 24.5 Å². The molecule has 0 radical (unpaired) electrons. The van der Waals surface area contributed by atoms with E-state index < -0.39 is 17.7 Å². The Morgan fingerprint density at radius 3 is 2.62 bits per heavy atom. The Hall–Kier alpha value is -2.77. The van der Waals surface area contributed by atoms with Crippen LogP contribution in [0.15, 0.2) is 18.2 Å². The van der Waals surface area contributed by atoms with E-state index in [-0.39, 0.29) is 12.3 Å². The predicted octanol–water partition coefficient (Wildman–Crippen LogP) is -0.128. The molecule has 1 aromatic rings. The first-order valence-corrected chi connectivity index (χ1v) is 7.52. The maximum Gasteiger partial charge on any atom is 0.253 e. The van der Waals surface area contributed by atoms with Crippen molar-refractivity contribution in [3.05, 3.63) is 23.8 Å². The van der Waals surface area contributed by atoms with Crippen LogP contribution in [0.2, 0.25) is 0 Å². The Balaban J connectivity index is 1.87. The number of methoxy groups -OCH3 is 2. The number of hydrogen-bond acceptors (Lipinski definition) is 5. The summed E-state index contributed by atoms with van der Waals surface area (Å²) in [5.41, 5.74) is 3.26. The molecular formula is C16H21N3O5. The van der Waals surface area contributed by atoms with E-state index in [9.17, 15) is 14.4 Å². The second-order valence-corrected chi connectivity index (χ2v) is 5.41. The number of rotatable bonds is 7. The van der Waals surface area contributed by atoms with Crippen LogP contribution in [0, 0.1) is 5.92 Å². The van der Waals surface area contributed by atoms with Gasteiger partial charge in [0.15, 0.2) is 0 Å². The molecule has 8 heteroatoms. The minimum atomic E-state index is -0.957. The summed E-state index contributed by atoms with van der Waals surface area (Å²) in [5.74, 6) is -0.746. The van der Waals surface area contributed by atoms with Gasteiger partial charge >= 0.3 is 0 Å². The van der Waals surface area contributed by atoms with E-state index in [1.165, 1.54) is 7.05 Å². The van der Waals surface area contributed by atoms with E-state index in [0.717, 1.165) is 10.6 Å². The lowest BCUT2D eigenvalue weighted by Crippen LogP contribution is -2.32. The standard InChI is InChI=1S/C16H21N3O5/c1-19-16(22)12(15(21)18-19)9-14(20)17-7-6-10-8-11(23-2)4-5-13(10)24-3/h4-5,8,12H,6-7,9H2,1-3H3,(H,17,20)(H,18,21). The van der Waals surface area contributed by atoms with Gasteiger partial charge in [-0.2, -0.15) is 0 Å². The van der Waals surface area contributed by atoms with Crippen LogP contribution >= 0.6 is 0 Å². The molecule has 1 aliphatic rings. The molecule has 2 rings (SSSR count). The Bertz CT molecular complexity index is 647. The van der Waals surface area contributed by atoms with Crippen LogP contribution in [0.3, 0.4) is 0 Å². The molecule has 0 bridgehead atoms. The molecule has 0 saturated carbocycles. The average Bonchev–Trinajstić information content (AvgIpc) is 2.81. The third-order valence-corrected chi connectivity index (χ3v) is 3.82. The molecule has 1 saturated heterocycles. The van der Waals surface area contributed by atoms with Crippen LogP contribution in [0.25, 0.3) is 0 Å². The lowest BCUT2D eigenvalue weighted by Gasteiger charge is -2.11. The zero-order valence-electron chi connectivity index (χ0n) is 13.9. The zero-order valence-corrected chi connectivity index (χ0v) is 13.9. The highest BCUT2D eigenvalue weighted by molar-refractivity contribution is 6.07. The number of nitrogens with one attached hydrogen (secondary N) is 2. The van der Waals surface area contributed by atoms with Crippen LogP contribution in [0.1, 0.15) is 12.0 Å². The predicted molar refractivity (Wildman–Crippen MR) is 85.3 cm³/mol. The maximum absolute atomic E-state index is 11.9. The Kier molecular flexibility index (Phi) is 5.62. The van der Waals surface area contributed by atoms with Crippen LogP contribution in [0.5, 0.6) is 11.5 Å². The highest BCUT2D eigenvalue weighted by atomic mass is 16.5. The summed E-state index contributed by atoms with van der Waals surface area (Å²) in [6, 6.07) is 5.43. The van der Waals surface area contributed by atoms with Gasteiger partial charge < -0.3 is 14.8 Å². The highest BCUT2D eigenvalue weighted by Gasteiger charge is 2.38. The largest absolute Gasteiger partial charge is 0.497 e. The fourth-order valence-electron chi connectivity index (χ4n) is 2.50. The van der Waals surface area contributed by atoms with Crippen molar-refractivity contribution < 1.29 is 23.9 Å². The van der Waals surface area contributed by atoms with E-state index >= 15 is 0 Å². The van der Waals surface area contributed by atoms with Crippen molar-refractivity contribution in [2.75, 3.05) is 27.8 Å². The molecule has 1 fully saturated rings. The third-order valence-electron chi connectivity index (χ3n) is 3.82. The van der Waals surface area contributed by atoms with E-state index in [1.54, 1.807) is 26.4 Å². The summed E-state index contributed by atoms with van der Waals surface area (Å²) in [5, 5.41) is 3.82. The highest BCUT2D eigenvalue weighted by Crippen LogP contribution is 2.24. The van der Waals surface area contributed by atoms with Gasteiger partial charge in [-0.15, -0.1) is 0 Å². The zero-order chi connectivity index (χ0) is 17.7. The van der Waals surface area contributed by atoms with Gasteiger partial charge in [-0.25, -0.2) is 0 Å². The average molecular weight is 335 g/mol. The Morgan fingerprint density at radius 1 is 1.29 bits per heavy atom. The maximum atomic E-state index is 11.9. The summed E-state index contributed by atoms with van der Waals surface area (Å²) < 4.78 is 10.5. The molecular weight excluding hydrogens is 314 g/mol. The van der Waals surface area contributed by atoms with Gasteiger partial charge in [-0.05, 0) is 30.2 Å². The van der Waals surface area contributed by atoms with Crippen molar-refractivity contribution in [3.8, 4) is 11.5 Å². The van der Waals surface area contributed by atoms with Crippen molar-refractivity contribution >= 4 is 17.7 Å². The molecule has 1 unspecified atom stereocenters. The molecule has 130 valence electrons. The Labute approximate surface area is 140 Å². The molecule has 0 spiro atoms. The van der Waals surface area contributed by atoms with Crippen LogP contribution in [-0.4, -0.2) is 50.5 Å². The molecule has 1 aliphatic heterocycles. The third kappa shape index (κ3) is 3.95. The molecule has 2 N–H and O–H groups in total. The first kappa shape index (κ1) is 17.6. The second-order valence-electron chi connectivity index (χ2n) is 5.41. The van der Waals surface area contributed by atoms with E-state index in [4.69, 9.17) is 9.47 Å². The summed E-state index contributed by atoms with van der Waals surface area (Å²) in [6.45, 7) is 0.362. The van der Waals surface area contributed by atoms with Gasteiger partial charge in [0.25, 0.3) is 11.8 Å². The molecule has 1 aromatic carbocycles. The van der Waals surface area contributed by atoms with Gasteiger partial charge in [-0.1, -0.05) is 0 Å². The van der Waals surface area contributed by atoms with Gasteiger partial charge in [-0.3, -0.25) is 24.8 Å². The summed E-state index contributed by atoms with van der Waals surface area (Å²) >= 11 is 0. The van der Waals surface area contributed by atoms with Crippen molar-refractivity contribution in [2.24, 2.45) is 5.92 Å². The number of amides is 3. The molecule has 1 heterocycles. The smallest absolute Gasteiger partial charge is 0.253 e. The molecule has 8 nitrogen and oxygen atoms in total. The van der Waals surface area contributed by atoms with Crippen LogP contribution < -0.4 is 20.2 Å². The van der Waals surface area contributed by atoms with Crippen LogP contribution in [-0.2, 0) is 20.8 Å². The van der Waals surface area contributed by atoms with Crippen molar-refractivity contribution in [3.63, 3.8) is 0 Å². The molecule has 0 aromatic heterocycles. The number of ether oxygens (including phenoxy) is 2. The minimum Gasteiger partial charge on any atom is -0.497 e. The summed E-state index contributed by atoms with van der Waals surface area (Å²) in [7, 11) is 4.60. The SMILES string of the molecule is COc1ccc(OC)c(CCNC(=O)CC2C(=O)NN(C)C2=O)c1. The first-order chi connectivity index (χ1) is 11.5.